The Labute approximate surface area is 500 Å². The Bertz CT molecular complexity index is 2410. The lowest BCUT2D eigenvalue weighted by atomic mass is 9.82. The van der Waals surface area contributed by atoms with Gasteiger partial charge in [-0.2, -0.15) is 0 Å². The first-order valence-electron chi connectivity index (χ1n) is 29.5. The van der Waals surface area contributed by atoms with Crippen LogP contribution in [0.5, 0.6) is 0 Å². The Morgan fingerprint density at radius 1 is 0.741 bits per heavy atom. The number of carbonyl (C=O) groups is 4. The summed E-state index contributed by atoms with van der Waals surface area (Å²) < 4.78 is 24.3. The average molecular weight is 1200 g/mol. The maximum atomic E-state index is 13.8. The normalized spacial score (nSPS) is 36.5. The first-order valence-corrected chi connectivity index (χ1v) is 29.5. The Morgan fingerprint density at radius 2 is 1.31 bits per heavy atom. The Balaban J connectivity index is 1.58. The molecule has 2 saturated heterocycles. The van der Waals surface area contributed by atoms with Crippen LogP contribution in [-0.4, -0.2) is 211 Å². The summed E-state index contributed by atoms with van der Waals surface area (Å²) in [5, 5.41) is 117. The molecule has 85 heavy (non-hydrogen) atoms. The molecule has 14 N–H and O–H groups in total. The zero-order valence-corrected chi connectivity index (χ0v) is 49.9. The van der Waals surface area contributed by atoms with E-state index in [2.05, 4.69) is 10.6 Å². The van der Waals surface area contributed by atoms with E-state index in [1.807, 2.05) is 38.9 Å². The first-order chi connectivity index (χ1) is 40.3. The molecule has 3 aliphatic heterocycles. The van der Waals surface area contributed by atoms with Gasteiger partial charge in [-0.05, 0) is 83.3 Å². The van der Waals surface area contributed by atoms with Crippen molar-refractivity contribution < 1.29 is 89.2 Å². The van der Waals surface area contributed by atoms with Gasteiger partial charge in [-0.25, -0.2) is 0 Å². The minimum absolute atomic E-state index is 0.102. The molecular weight excluding hydrogens is 1100 g/mol. The summed E-state index contributed by atoms with van der Waals surface area (Å²) in [5.41, 5.74) is 7.44. The number of aliphatic hydroxyl groups is 10. The zero-order chi connectivity index (χ0) is 62.8. The van der Waals surface area contributed by atoms with Crippen LogP contribution in [0.2, 0.25) is 0 Å². The van der Waals surface area contributed by atoms with E-state index in [-0.39, 0.29) is 56.3 Å². The van der Waals surface area contributed by atoms with Crippen LogP contribution < -0.4 is 16.4 Å². The van der Waals surface area contributed by atoms with E-state index in [9.17, 15) is 70.2 Å². The van der Waals surface area contributed by atoms with Gasteiger partial charge in [-0.3, -0.25) is 19.2 Å². The lowest BCUT2D eigenvalue weighted by Gasteiger charge is -2.46. The Hall–Kier alpha value is -5.12. The van der Waals surface area contributed by atoms with Gasteiger partial charge in [-0.15, -0.1) is 0 Å². The van der Waals surface area contributed by atoms with Crippen molar-refractivity contribution >= 4 is 29.1 Å². The van der Waals surface area contributed by atoms with Crippen molar-refractivity contribution in [3.05, 3.63) is 115 Å². The summed E-state index contributed by atoms with van der Waals surface area (Å²) in [6.07, 6.45) is 3.33. The van der Waals surface area contributed by atoms with Gasteiger partial charge in [0, 0.05) is 75.8 Å². The molecule has 2 fully saturated rings. The SMILES string of the molecule is CNc1ccc(C(=O)CC(O)CCC(C)C2OC(=O)CC(O)CC(=O)CC(O)CC(O)CC(O)CC(O)CC3(O)CC(O)C(C(=O)NCCN(C)C)C(CC(O[C@@H]4O[C@H](C)[C@@H](O)[C@H](N)[C@@H]4O)/C=C/C=C/C=C/C=C\C=C/C=C/C=C/C2C)O3)cc1. The average Bonchev–Trinajstić information content (AvgIpc) is 1.84. The number of nitrogens with two attached hydrogens (primary N) is 1. The number of amides is 1. The summed E-state index contributed by atoms with van der Waals surface area (Å²) in [7, 11) is 5.40. The molecule has 0 spiro atoms. The van der Waals surface area contributed by atoms with E-state index in [0.717, 1.165) is 5.69 Å². The molecule has 0 aliphatic carbocycles. The van der Waals surface area contributed by atoms with E-state index >= 15 is 0 Å². The number of nitrogens with zero attached hydrogens (tertiary/aromatic N) is 1. The standard InChI is InChI=1S/C63H96N4O18/c1-39-19-17-15-13-11-9-7-8-10-12-14-16-18-20-51(83-62-59(79)57(64)58(78)41(3)82-62)36-54-56(61(80)66-27-28-67(5)6)53(76)38-63(81,85-54)37-50(74)33-48(72)31-46(70)29-45(69)30-47(71)32-49(73)35-55(77)84-60(39)40(2)21-26-44(68)34-52(75)42-22-24-43(65-4)25-23-42/h7-20,22-25,39-41,44-46,48-51,53-54,56-60,62,65,68-70,72-74,76,78-79,81H,21,26-38,64H2,1-6H3,(H,66,80)/b8-7-,11-9-,12-10+,15-13+,16-14+,19-17+,20-18+/t39?,40?,41-,44?,45?,46?,48?,49?,50?,51?,53?,54?,56?,57+,58-,59+,60?,62+,63?/m1/s1. The van der Waals surface area contributed by atoms with Crippen molar-refractivity contribution in [2.75, 3.05) is 39.5 Å². The quantitative estimate of drug-likeness (QED) is 0.0939. The van der Waals surface area contributed by atoms with E-state index in [0.29, 0.717) is 18.5 Å². The van der Waals surface area contributed by atoms with Crippen LogP contribution in [0.25, 0.3) is 0 Å². The smallest absolute Gasteiger partial charge is 0.308 e. The van der Waals surface area contributed by atoms with E-state index in [1.54, 1.807) is 117 Å². The maximum Gasteiger partial charge on any atom is 0.308 e. The second-order valence-corrected chi connectivity index (χ2v) is 23.2. The van der Waals surface area contributed by atoms with Gasteiger partial charge in [-0.1, -0.05) is 98.9 Å². The molecule has 4 rings (SSSR count). The molecule has 1 aromatic carbocycles. The lowest BCUT2D eigenvalue weighted by Crippen LogP contribution is -2.62. The predicted molar refractivity (Wildman–Crippen MR) is 319 cm³/mol. The van der Waals surface area contributed by atoms with E-state index in [4.69, 9.17) is 24.7 Å². The molecule has 3 aliphatic rings. The van der Waals surface area contributed by atoms with Crippen molar-refractivity contribution in [3.63, 3.8) is 0 Å². The van der Waals surface area contributed by atoms with Gasteiger partial charge >= 0.3 is 5.97 Å². The number of allylic oxidation sites excluding steroid dienone is 12. The highest BCUT2D eigenvalue weighted by Gasteiger charge is 2.51. The topological polar surface area (TPSA) is 361 Å². The van der Waals surface area contributed by atoms with Crippen LogP contribution in [0, 0.1) is 17.8 Å². The number of cyclic esters (lactones) is 1. The monoisotopic (exact) mass is 1200 g/mol. The number of likely N-dealkylation sites (N-methyl/N-ethyl adjacent to an activating group) is 1. The number of Topliss-reactive ketones (excluding diaryl/α,β-unsaturated/α-hetero) is 2. The van der Waals surface area contributed by atoms with Gasteiger partial charge < -0.3 is 91.3 Å². The molecule has 1 amide bonds. The number of carbonyl (C=O) groups excluding carboxylic acids is 4. The van der Waals surface area contributed by atoms with Crippen LogP contribution in [0.4, 0.5) is 5.69 Å². The van der Waals surface area contributed by atoms with Crippen LogP contribution in [0.3, 0.4) is 0 Å². The minimum Gasteiger partial charge on any atom is -0.461 e. The number of nitrogens with one attached hydrogen (secondary N) is 2. The van der Waals surface area contributed by atoms with Crippen molar-refractivity contribution in [2.45, 2.75) is 195 Å². The number of fused-ring (bicyclic) bond motifs is 2. The number of ketones is 2. The molecule has 0 radical (unpaired) electrons. The molecule has 1 aromatic rings. The number of benzene rings is 1. The van der Waals surface area contributed by atoms with E-state index in [1.165, 1.54) is 0 Å². The zero-order valence-electron chi connectivity index (χ0n) is 49.9. The van der Waals surface area contributed by atoms with Crippen LogP contribution >= 0.6 is 0 Å². The summed E-state index contributed by atoms with van der Waals surface area (Å²) in [6, 6.07) is 5.78. The van der Waals surface area contributed by atoms with Crippen molar-refractivity contribution in [1.82, 2.24) is 10.2 Å². The lowest BCUT2D eigenvalue weighted by molar-refractivity contribution is -0.307. The van der Waals surface area contributed by atoms with Gasteiger partial charge in [0.2, 0.25) is 5.91 Å². The Kier molecular flexibility index (Phi) is 31.4. The summed E-state index contributed by atoms with van der Waals surface area (Å²) in [5.74, 6) is -6.46. The molecule has 0 aromatic heterocycles. The third-order valence-electron chi connectivity index (χ3n) is 15.2. The largest absolute Gasteiger partial charge is 0.461 e. The molecule has 2 bridgehead atoms. The fourth-order valence-electron chi connectivity index (χ4n) is 10.6. The summed E-state index contributed by atoms with van der Waals surface area (Å²) in [6.45, 7) is 5.94. The molecule has 22 nitrogen and oxygen atoms in total. The van der Waals surface area contributed by atoms with E-state index < -0.39 is 160 Å². The third kappa shape index (κ3) is 26.0. The number of aliphatic hydroxyl groups excluding tert-OH is 9. The van der Waals surface area contributed by atoms with Crippen LogP contribution in [0.1, 0.15) is 108 Å². The van der Waals surface area contributed by atoms with Crippen LogP contribution in [-0.2, 0) is 33.3 Å². The van der Waals surface area contributed by atoms with Gasteiger partial charge in [0.1, 0.15) is 18.0 Å². The molecule has 22 heteroatoms. The third-order valence-corrected chi connectivity index (χ3v) is 15.2. The Morgan fingerprint density at radius 3 is 1.91 bits per heavy atom. The fraction of sp³-hybridized carbons (Fsp3) is 0.619. The number of esters is 1. The maximum absolute atomic E-state index is 13.8. The second kappa shape index (κ2) is 36.9. The predicted octanol–water partition coefficient (Wildman–Crippen LogP) is 2.34. The second-order valence-electron chi connectivity index (χ2n) is 23.2. The highest BCUT2D eigenvalue weighted by atomic mass is 16.7. The molecule has 476 valence electrons. The summed E-state index contributed by atoms with van der Waals surface area (Å²) in [4.78, 5) is 55.0. The fourth-order valence-corrected chi connectivity index (χ4v) is 10.6. The molecule has 0 saturated carbocycles. The van der Waals surface area contributed by atoms with Crippen molar-refractivity contribution in [2.24, 2.45) is 23.5 Å². The molecule has 14 unspecified atom stereocenters. The van der Waals surface area contributed by atoms with Gasteiger partial charge in [0.05, 0.1) is 85.5 Å². The van der Waals surface area contributed by atoms with Crippen molar-refractivity contribution in [1.29, 1.82) is 0 Å². The minimum atomic E-state index is -2.28. The van der Waals surface area contributed by atoms with Gasteiger partial charge in [0.15, 0.2) is 17.9 Å². The number of hydrogen-bond donors (Lipinski definition) is 13. The number of hydrogen-bond acceptors (Lipinski definition) is 21. The van der Waals surface area contributed by atoms with Crippen molar-refractivity contribution in [3.8, 4) is 0 Å². The molecule has 3 heterocycles. The highest BCUT2D eigenvalue weighted by Crippen LogP contribution is 2.38. The highest BCUT2D eigenvalue weighted by molar-refractivity contribution is 5.96. The van der Waals surface area contributed by atoms with Crippen LogP contribution in [0.15, 0.2) is 109 Å². The summed E-state index contributed by atoms with van der Waals surface area (Å²) >= 11 is 0. The molecule has 19 atom stereocenters. The molecular formula is C63H96N4O18. The van der Waals surface area contributed by atoms with Gasteiger partial charge in [0.25, 0.3) is 0 Å². The first kappa shape index (κ1) is 72.4. The number of ether oxygens (including phenoxy) is 4. The number of anilines is 1. The number of rotatable bonds is 14.